The average Bonchev–Trinajstić information content (AvgIpc) is 2.37. The number of carbonyl (C=O) groups excluding carboxylic acids is 1. The van der Waals surface area contributed by atoms with Gasteiger partial charge in [-0.15, -0.1) is 0 Å². The zero-order valence-corrected chi connectivity index (χ0v) is 13.4. The first kappa shape index (κ1) is 19.3. The number of aryl methyl sites for hydroxylation is 1. The SMILES string of the molecule is CC(C)(C)OC(=O)Nc1ccc(CCCCF)c(C(F)(F)F)c1. The molecule has 1 aromatic rings. The van der Waals surface area contributed by atoms with Crippen LogP contribution in [0, 0.1) is 0 Å². The molecule has 0 atom stereocenters. The predicted molar refractivity (Wildman–Crippen MR) is 80.2 cm³/mol. The van der Waals surface area contributed by atoms with E-state index < -0.39 is 30.1 Å². The van der Waals surface area contributed by atoms with Crippen LogP contribution in [-0.4, -0.2) is 18.4 Å². The molecular formula is C16H21F4NO2. The second kappa shape index (κ2) is 7.66. The number of anilines is 1. The number of hydrogen-bond donors (Lipinski definition) is 1. The van der Waals surface area contributed by atoms with E-state index >= 15 is 0 Å². The molecule has 0 aliphatic rings. The highest BCUT2D eigenvalue weighted by atomic mass is 19.4. The van der Waals surface area contributed by atoms with E-state index in [-0.39, 0.29) is 24.1 Å². The first-order chi connectivity index (χ1) is 10.5. The number of hydrogen-bond acceptors (Lipinski definition) is 2. The Kier molecular flexibility index (Phi) is 6.41. The molecule has 0 spiro atoms. The lowest BCUT2D eigenvalue weighted by Gasteiger charge is -2.20. The molecule has 0 saturated heterocycles. The van der Waals surface area contributed by atoms with Crippen LogP contribution in [0.2, 0.25) is 0 Å². The van der Waals surface area contributed by atoms with Crippen LogP contribution in [0.3, 0.4) is 0 Å². The molecule has 0 aliphatic heterocycles. The number of ether oxygens (including phenoxy) is 1. The largest absolute Gasteiger partial charge is 0.444 e. The lowest BCUT2D eigenvalue weighted by Crippen LogP contribution is -2.27. The van der Waals surface area contributed by atoms with E-state index in [0.717, 1.165) is 6.07 Å². The highest BCUT2D eigenvalue weighted by Gasteiger charge is 2.33. The van der Waals surface area contributed by atoms with E-state index in [4.69, 9.17) is 4.74 Å². The maximum Gasteiger partial charge on any atom is 0.416 e. The Balaban J connectivity index is 2.93. The van der Waals surface area contributed by atoms with Crippen LogP contribution >= 0.6 is 0 Å². The van der Waals surface area contributed by atoms with E-state index in [2.05, 4.69) is 5.32 Å². The fourth-order valence-corrected chi connectivity index (χ4v) is 1.97. The summed E-state index contributed by atoms with van der Waals surface area (Å²) in [7, 11) is 0. The van der Waals surface area contributed by atoms with Gasteiger partial charge in [-0.2, -0.15) is 13.2 Å². The molecule has 3 nitrogen and oxygen atoms in total. The van der Waals surface area contributed by atoms with Gasteiger partial charge in [-0.05, 0) is 57.7 Å². The van der Waals surface area contributed by atoms with Gasteiger partial charge < -0.3 is 4.74 Å². The summed E-state index contributed by atoms with van der Waals surface area (Å²) < 4.78 is 56.5. The van der Waals surface area contributed by atoms with E-state index in [0.29, 0.717) is 6.42 Å². The monoisotopic (exact) mass is 335 g/mol. The van der Waals surface area contributed by atoms with Gasteiger partial charge in [0.05, 0.1) is 12.2 Å². The van der Waals surface area contributed by atoms with Crippen molar-refractivity contribution < 1.29 is 27.1 Å². The molecule has 0 saturated carbocycles. The Morgan fingerprint density at radius 3 is 2.35 bits per heavy atom. The predicted octanol–water partition coefficient (Wildman–Crippen LogP) is 5.34. The fraction of sp³-hybridized carbons (Fsp3) is 0.562. The van der Waals surface area contributed by atoms with E-state index in [1.54, 1.807) is 20.8 Å². The lowest BCUT2D eigenvalue weighted by molar-refractivity contribution is -0.138. The van der Waals surface area contributed by atoms with Crippen LogP contribution in [-0.2, 0) is 17.3 Å². The van der Waals surface area contributed by atoms with Crippen LogP contribution in [0.25, 0.3) is 0 Å². The lowest BCUT2D eigenvalue weighted by atomic mass is 10.0. The maximum absolute atomic E-state index is 13.1. The molecule has 0 aromatic heterocycles. The Hall–Kier alpha value is -1.79. The Morgan fingerprint density at radius 1 is 1.17 bits per heavy atom. The van der Waals surface area contributed by atoms with Crippen LogP contribution in [0.1, 0.15) is 44.7 Å². The van der Waals surface area contributed by atoms with E-state index in [1.165, 1.54) is 12.1 Å². The van der Waals surface area contributed by atoms with Gasteiger partial charge in [-0.25, -0.2) is 4.79 Å². The van der Waals surface area contributed by atoms with Gasteiger partial charge in [-0.3, -0.25) is 9.71 Å². The van der Waals surface area contributed by atoms with Gasteiger partial charge in [0.15, 0.2) is 0 Å². The van der Waals surface area contributed by atoms with Crippen molar-refractivity contribution in [2.24, 2.45) is 0 Å². The summed E-state index contributed by atoms with van der Waals surface area (Å²) in [5, 5.41) is 2.28. The molecule has 23 heavy (non-hydrogen) atoms. The molecule has 0 bridgehead atoms. The first-order valence-corrected chi connectivity index (χ1v) is 7.29. The van der Waals surface area contributed by atoms with Gasteiger partial charge in [0.2, 0.25) is 0 Å². The summed E-state index contributed by atoms with van der Waals surface area (Å²) in [6.07, 6.45) is -4.69. The van der Waals surface area contributed by atoms with Gasteiger partial charge in [0.25, 0.3) is 0 Å². The zero-order valence-electron chi connectivity index (χ0n) is 13.4. The van der Waals surface area contributed by atoms with Crippen molar-refractivity contribution in [3.8, 4) is 0 Å². The number of alkyl halides is 4. The normalized spacial score (nSPS) is 12.1. The van der Waals surface area contributed by atoms with Crippen LogP contribution < -0.4 is 5.32 Å². The summed E-state index contributed by atoms with van der Waals surface area (Å²) in [6, 6.07) is 3.55. The molecule has 0 radical (unpaired) electrons. The molecule has 0 aliphatic carbocycles. The molecule has 0 fully saturated rings. The van der Waals surface area contributed by atoms with Crippen molar-refractivity contribution in [1.82, 2.24) is 0 Å². The average molecular weight is 335 g/mol. The van der Waals surface area contributed by atoms with Crippen molar-refractivity contribution in [2.45, 2.75) is 51.8 Å². The minimum Gasteiger partial charge on any atom is -0.444 e. The smallest absolute Gasteiger partial charge is 0.416 e. The number of amides is 1. The summed E-state index contributed by atoms with van der Waals surface area (Å²) in [6.45, 7) is 4.41. The number of unbranched alkanes of at least 4 members (excludes halogenated alkanes) is 1. The highest BCUT2D eigenvalue weighted by molar-refractivity contribution is 5.85. The van der Waals surface area contributed by atoms with Gasteiger partial charge >= 0.3 is 12.3 Å². The van der Waals surface area contributed by atoms with E-state index in [9.17, 15) is 22.4 Å². The minimum atomic E-state index is -4.54. The molecule has 0 heterocycles. The third kappa shape index (κ3) is 6.88. The van der Waals surface area contributed by atoms with Gasteiger partial charge in [0, 0.05) is 5.69 Å². The van der Waals surface area contributed by atoms with Crippen molar-refractivity contribution >= 4 is 11.8 Å². The van der Waals surface area contributed by atoms with E-state index in [1.807, 2.05) is 0 Å². The molecular weight excluding hydrogens is 314 g/mol. The second-order valence-corrected chi connectivity index (χ2v) is 6.14. The summed E-state index contributed by atoms with van der Waals surface area (Å²) in [4.78, 5) is 11.6. The number of carbonyl (C=O) groups is 1. The van der Waals surface area contributed by atoms with Crippen molar-refractivity contribution in [2.75, 3.05) is 12.0 Å². The Morgan fingerprint density at radius 2 is 1.83 bits per heavy atom. The standard InChI is InChI=1S/C16H21F4NO2/c1-15(2,3)23-14(22)21-12-8-7-11(6-4-5-9-17)13(10-12)16(18,19)20/h7-8,10H,4-6,9H2,1-3H3,(H,21,22). The Labute approximate surface area is 133 Å². The van der Waals surface area contributed by atoms with Gasteiger partial charge in [0.1, 0.15) is 5.60 Å². The number of halogens is 4. The van der Waals surface area contributed by atoms with Crippen LogP contribution in [0.4, 0.5) is 28.0 Å². The van der Waals surface area contributed by atoms with Crippen LogP contribution in [0.5, 0.6) is 0 Å². The van der Waals surface area contributed by atoms with Crippen LogP contribution in [0.15, 0.2) is 18.2 Å². The molecule has 1 N–H and O–H groups in total. The molecule has 1 rings (SSSR count). The highest BCUT2D eigenvalue weighted by Crippen LogP contribution is 2.34. The maximum atomic E-state index is 13.1. The first-order valence-electron chi connectivity index (χ1n) is 7.29. The quantitative estimate of drug-likeness (QED) is 0.582. The Bertz CT molecular complexity index is 536. The molecule has 1 amide bonds. The van der Waals surface area contributed by atoms with Crippen molar-refractivity contribution in [1.29, 1.82) is 0 Å². The minimum absolute atomic E-state index is 0.000756. The second-order valence-electron chi connectivity index (χ2n) is 6.14. The zero-order chi connectivity index (χ0) is 17.7. The van der Waals surface area contributed by atoms with Crippen molar-refractivity contribution in [3.63, 3.8) is 0 Å². The number of nitrogens with one attached hydrogen (secondary N) is 1. The third-order valence-electron chi connectivity index (χ3n) is 2.89. The summed E-state index contributed by atoms with van der Waals surface area (Å²) in [5.41, 5.74) is -1.49. The summed E-state index contributed by atoms with van der Waals surface area (Å²) >= 11 is 0. The molecule has 7 heteroatoms. The topological polar surface area (TPSA) is 38.3 Å². The summed E-state index contributed by atoms with van der Waals surface area (Å²) in [5.74, 6) is 0. The number of rotatable bonds is 5. The van der Waals surface area contributed by atoms with Gasteiger partial charge in [-0.1, -0.05) is 6.07 Å². The molecule has 1 aromatic carbocycles. The molecule has 0 unspecified atom stereocenters. The van der Waals surface area contributed by atoms with Crippen molar-refractivity contribution in [3.05, 3.63) is 29.3 Å². The number of benzene rings is 1. The fourth-order valence-electron chi connectivity index (χ4n) is 1.97. The third-order valence-corrected chi connectivity index (χ3v) is 2.89. The molecule has 130 valence electrons.